The molecule has 0 aromatic carbocycles. The average Bonchev–Trinajstić information content (AvgIpc) is 2.69. The first-order valence-corrected chi connectivity index (χ1v) is 10.3. The Morgan fingerprint density at radius 1 is 1.39 bits per heavy atom. The van der Waals surface area contributed by atoms with E-state index in [1.807, 2.05) is 20.8 Å². The molecule has 0 bridgehead atoms. The number of fused-ring (bicyclic) bond motifs is 1. The standard InChI is InChI=1S/C22H29N5O4/c1-22(2,3)27(21(30)31)17-8-10-26(13-18(17)28)9-7-15-14(11-23)12-24-16-5-6-19(29)25(4)20(15)16/h5-6,12,17-18,28H,7-10,13H2,1-4H3,(H,30,31)/t17-,18+/m0/s1. The number of nitriles is 1. The SMILES string of the molecule is Cn1c(=O)ccc2ncc(C#N)c(CCN3CC[C@H](N(C(=O)O)C(C)(C)C)[C@H](O)C3)c21. The van der Waals surface area contributed by atoms with E-state index < -0.39 is 23.8 Å². The first kappa shape index (κ1) is 22.7. The van der Waals surface area contributed by atoms with Crippen LogP contribution in [0.5, 0.6) is 0 Å². The molecule has 1 fully saturated rings. The Kier molecular flexibility index (Phi) is 6.34. The van der Waals surface area contributed by atoms with E-state index in [1.54, 1.807) is 13.1 Å². The zero-order valence-electron chi connectivity index (χ0n) is 18.4. The van der Waals surface area contributed by atoms with Gasteiger partial charge in [0, 0.05) is 44.5 Å². The summed E-state index contributed by atoms with van der Waals surface area (Å²) in [5.74, 6) is 0. The molecular formula is C22H29N5O4. The van der Waals surface area contributed by atoms with Gasteiger partial charge in [0.1, 0.15) is 6.07 Å². The highest BCUT2D eigenvalue weighted by atomic mass is 16.4. The van der Waals surface area contributed by atoms with Gasteiger partial charge in [-0.3, -0.25) is 14.7 Å². The number of carbonyl (C=O) groups is 1. The number of piperidine rings is 1. The molecule has 0 unspecified atom stereocenters. The van der Waals surface area contributed by atoms with Gasteiger partial charge < -0.3 is 19.7 Å². The van der Waals surface area contributed by atoms with Gasteiger partial charge in [0.05, 0.1) is 28.7 Å². The van der Waals surface area contributed by atoms with Gasteiger partial charge in [0.25, 0.3) is 5.56 Å². The molecule has 3 heterocycles. The lowest BCUT2D eigenvalue weighted by Crippen LogP contribution is -2.60. The molecule has 1 aliphatic rings. The number of carboxylic acid groups (broad SMARTS) is 1. The number of aryl methyl sites for hydroxylation is 1. The third-order valence-electron chi connectivity index (χ3n) is 5.93. The second-order valence-electron chi connectivity index (χ2n) is 9.02. The maximum absolute atomic E-state index is 12.1. The van der Waals surface area contributed by atoms with Gasteiger partial charge in [-0.15, -0.1) is 0 Å². The van der Waals surface area contributed by atoms with Crippen molar-refractivity contribution in [3.8, 4) is 6.07 Å². The molecule has 3 rings (SSSR count). The van der Waals surface area contributed by atoms with E-state index in [1.165, 1.54) is 21.7 Å². The Labute approximate surface area is 181 Å². The molecule has 0 aliphatic carbocycles. The largest absolute Gasteiger partial charge is 0.465 e. The summed E-state index contributed by atoms with van der Waals surface area (Å²) >= 11 is 0. The van der Waals surface area contributed by atoms with Crippen LogP contribution in [0.2, 0.25) is 0 Å². The highest BCUT2D eigenvalue weighted by Crippen LogP contribution is 2.26. The van der Waals surface area contributed by atoms with E-state index in [0.29, 0.717) is 49.1 Å². The summed E-state index contributed by atoms with van der Waals surface area (Å²) in [6, 6.07) is 4.81. The number of aliphatic hydroxyl groups excluding tert-OH is 1. The van der Waals surface area contributed by atoms with Gasteiger partial charge in [0.2, 0.25) is 0 Å². The van der Waals surface area contributed by atoms with Crippen LogP contribution in [0.3, 0.4) is 0 Å². The number of likely N-dealkylation sites (tertiary alicyclic amines) is 1. The van der Waals surface area contributed by atoms with Crippen LogP contribution in [-0.2, 0) is 13.5 Å². The molecule has 0 radical (unpaired) electrons. The van der Waals surface area contributed by atoms with Gasteiger partial charge in [-0.05, 0) is 45.2 Å². The first-order chi connectivity index (χ1) is 14.5. The summed E-state index contributed by atoms with van der Waals surface area (Å²) in [5, 5.41) is 29.9. The van der Waals surface area contributed by atoms with E-state index in [0.717, 1.165) is 5.56 Å². The normalized spacial score (nSPS) is 19.9. The predicted molar refractivity (Wildman–Crippen MR) is 116 cm³/mol. The van der Waals surface area contributed by atoms with Crippen LogP contribution in [0, 0.1) is 11.3 Å². The summed E-state index contributed by atoms with van der Waals surface area (Å²) in [6.45, 7) is 7.01. The maximum atomic E-state index is 12.1. The van der Waals surface area contributed by atoms with Crippen LogP contribution in [-0.4, -0.2) is 73.0 Å². The molecule has 9 nitrogen and oxygen atoms in total. The van der Waals surface area contributed by atoms with Gasteiger partial charge in [-0.25, -0.2) is 4.79 Å². The van der Waals surface area contributed by atoms with E-state index in [9.17, 15) is 25.1 Å². The second kappa shape index (κ2) is 8.65. The van der Waals surface area contributed by atoms with Crippen LogP contribution in [0.1, 0.15) is 38.3 Å². The molecule has 2 atom stereocenters. The Morgan fingerprint density at radius 2 is 2.10 bits per heavy atom. The van der Waals surface area contributed by atoms with Crippen molar-refractivity contribution in [2.24, 2.45) is 7.05 Å². The molecular weight excluding hydrogens is 398 g/mol. The monoisotopic (exact) mass is 427 g/mol. The molecule has 0 spiro atoms. The minimum atomic E-state index is -1.03. The number of pyridine rings is 2. The van der Waals surface area contributed by atoms with Crippen molar-refractivity contribution in [1.82, 2.24) is 19.4 Å². The van der Waals surface area contributed by atoms with Crippen LogP contribution in [0.25, 0.3) is 11.0 Å². The van der Waals surface area contributed by atoms with E-state index >= 15 is 0 Å². The summed E-state index contributed by atoms with van der Waals surface area (Å²) < 4.78 is 1.51. The van der Waals surface area contributed by atoms with Gasteiger partial charge >= 0.3 is 6.09 Å². The number of amides is 1. The first-order valence-electron chi connectivity index (χ1n) is 10.3. The quantitative estimate of drug-likeness (QED) is 0.759. The molecule has 9 heteroatoms. The van der Waals surface area contributed by atoms with Crippen LogP contribution in [0.15, 0.2) is 23.1 Å². The maximum Gasteiger partial charge on any atom is 0.408 e. The number of β-amino-alcohol motifs (C(OH)–C–C–N with tert-alkyl or cyclic N) is 1. The van der Waals surface area contributed by atoms with Gasteiger partial charge in [0.15, 0.2) is 0 Å². The minimum Gasteiger partial charge on any atom is -0.465 e. The number of rotatable bonds is 4. The van der Waals surface area contributed by atoms with Crippen molar-refractivity contribution in [2.75, 3.05) is 19.6 Å². The Hall–Kier alpha value is -2.96. The van der Waals surface area contributed by atoms with Crippen molar-refractivity contribution in [2.45, 2.75) is 51.3 Å². The van der Waals surface area contributed by atoms with Crippen LogP contribution >= 0.6 is 0 Å². The van der Waals surface area contributed by atoms with E-state index in [2.05, 4.69) is 16.0 Å². The summed E-state index contributed by atoms with van der Waals surface area (Å²) in [4.78, 5) is 31.6. The molecule has 1 amide bonds. The van der Waals surface area contributed by atoms with Crippen molar-refractivity contribution in [1.29, 1.82) is 5.26 Å². The molecule has 2 N–H and O–H groups in total. The predicted octanol–water partition coefficient (Wildman–Crippen LogP) is 1.56. The van der Waals surface area contributed by atoms with Crippen molar-refractivity contribution in [3.63, 3.8) is 0 Å². The number of aliphatic hydroxyl groups is 1. The van der Waals surface area contributed by atoms with Crippen LogP contribution in [0.4, 0.5) is 4.79 Å². The Morgan fingerprint density at radius 3 is 2.68 bits per heavy atom. The van der Waals surface area contributed by atoms with E-state index in [4.69, 9.17) is 0 Å². The number of hydrogen-bond donors (Lipinski definition) is 2. The highest BCUT2D eigenvalue weighted by molar-refractivity contribution is 5.80. The molecule has 1 saturated heterocycles. The van der Waals surface area contributed by atoms with E-state index in [-0.39, 0.29) is 5.56 Å². The average molecular weight is 428 g/mol. The lowest BCUT2D eigenvalue weighted by molar-refractivity contribution is -0.0347. The molecule has 166 valence electrons. The lowest BCUT2D eigenvalue weighted by Gasteiger charge is -2.46. The number of nitrogens with zero attached hydrogens (tertiary/aromatic N) is 5. The summed E-state index contributed by atoms with van der Waals surface area (Å²) in [7, 11) is 1.67. The van der Waals surface area contributed by atoms with Crippen molar-refractivity contribution < 1.29 is 15.0 Å². The molecule has 2 aromatic heterocycles. The van der Waals surface area contributed by atoms with Crippen LogP contribution < -0.4 is 5.56 Å². The van der Waals surface area contributed by atoms with Crippen molar-refractivity contribution in [3.05, 3.63) is 39.8 Å². The second-order valence-corrected chi connectivity index (χ2v) is 9.02. The van der Waals surface area contributed by atoms with Crippen molar-refractivity contribution >= 4 is 17.1 Å². The fourth-order valence-corrected chi connectivity index (χ4v) is 4.46. The van der Waals surface area contributed by atoms with Gasteiger partial charge in [-0.1, -0.05) is 0 Å². The smallest absolute Gasteiger partial charge is 0.408 e. The zero-order chi connectivity index (χ0) is 22.9. The summed E-state index contributed by atoms with van der Waals surface area (Å²) in [5.41, 5.74) is 1.70. The number of aromatic nitrogens is 2. The minimum absolute atomic E-state index is 0.169. The van der Waals surface area contributed by atoms with Gasteiger partial charge in [-0.2, -0.15) is 5.26 Å². The topological polar surface area (TPSA) is 123 Å². The fraction of sp³-hybridized carbons (Fsp3) is 0.545. The molecule has 31 heavy (non-hydrogen) atoms. The molecule has 0 saturated carbocycles. The highest BCUT2D eigenvalue weighted by Gasteiger charge is 2.39. The molecule has 2 aromatic rings. The summed E-state index contributed by atoms with van der Waals surface area (Å²) in [6.07, 6.45) is 0.715. The third-order valence-corrected chi connectivity index (χ3v) is 5.93. The zero-order valence-corrected chi connectivity index (χ0v) is 18.4. The Balaban J connectivity index is 1.79. The Bertz CT molecular complexity index is 1080. The lowest BCUT2D eigenvalue weighted by atomic mass is 9.94. The third kappa shape index (κ3) is 4.55. The number of hydrogen-bond acceptors (Lipinski definition) is 6. The fourth-order valence-electron chi connectivity index (χ4n) is 4.46. The molecule has 1 aliphatic heterocycles.